The van der Waals surface area contributed by atoms with E-state index in [1.807, 2.05) is 55.5 Å². The Balaban J connectivity index is 1.25. The third kappa shape index (κ3) is 5.38. The molecule has 0 unspecified atom stereocenters. The van der Waals surface area contributed by atoms with E-state index < -0.39 is 18.3 Å². The van der Waals surface area contributed by atoms with Crippen LogP contribution in [0.25, 0.3) is 78.6 Å². The average Bonchev–Trinajstić information content (AvgIpc) is 3.58. The van der Waals surface area contributed by atoms with Gasteiger partial charge in [0.1, 0.15) is 11.3 Å². The molecule has 0 spiro atoms. The van der Waals surface area contributed by atoms with Crippen LogP contribution in [0.1, 0.15) is 45.9 Å². The van der Waals surface area contributed by atoms with Gasteiger partial charge >= 0.3 is 7.12 Å². The molecule has 0 aliphatic carbocycles. The van der Waals surface area contributed by atoms with Crippen molar-refractivity contribution in [1.82, 2.24) is 9.97 Å². The van der Waals surface area contributed by atoms with Crippen molar-refractivity contribution in [2.24, 2.45) is 0 Å². The van der Waals surface area contributed by atoms with Crippen LogP contribution in [0.4, 0.5) is 0 Å². The Labute approximate surface area is 287 Å². The lowest BCUT2D eigenvalue weighted by atomic mass is 9.79. The molecule has 6 heteroatoms. The van der Waals surface area contributed by atoms with Crippen LogP contribution in [0.5, 0.6) is 0 Å². The summed E-state index contributed by atoms with van der Waals surface area (Å²) in [4.78, 5) is 10.3. The van der Waals surface area contributed by atoms with Crippen LogP contribution in [-0.2, 0) is 9.31 Å². The van der Waals surface area contributed by atoms with Crippen LogP contribution in [0, 0.1) is 0 Å². The van der Waals surface area contributed by atoms with Gasteiger partial charge in [-0.1, -0.05) is 91.5 Å². The molecule has 8 rings (SSSR count). The Bertz CT molecular complexity index is 2420. The van der Waals surface area contributed by atoms with E-state index in [-0.39, 0.29) is 0 Å². The van der Waals surface area contributed by atoms with E-state index in [2.05, 4.69) is 107 Å². The summed E-state index contributed by atoms with van der Waals surface area (Å²) in [6.45, 7) is 14.3. The molecule has 0 atom stereocenters. The maximum Gasteiger partial charge on any atom is 0.494 e. The highest BCUT2D eigenvalue weighted by atomic mass is 16.7. The summed E-state index contributed by atoms with van der Waals surface area (Å²) in [7, 11) is -0.441. The topological polar surface area (TPSA) is 57.4 Å². The summed E-state index contributed by atoms with van der Waals surface area (Å²) in [6, 6.07) is 35.9. The minimum Gasteiger partial charge on any atom is -0.456 e. The zero-order valence-corrected chi connectivity index (χ0v) is 28.5. The average molecular weight is 641 g/mol. The number of furan rings is 1. The zero-order valence-electron chi connectivity index (χ0n) is 28.5. The SMILES string of the molecule is C=Cc1c(/C=C\C)oc2ccc(-c3cc(-c4ccc5c(ccc6ccccc65)c4)nc(-c4ccc(B5OC(C)(C)C(C)(C)O5)cc4)n3)cc12. The molecule has 1 aliphatic rings. The molecule has 0 N–H and O–H groups in total. The number of allylic oxidation sites excluding steroid dienone is 1. The minimum atomic E-state index is -0.441. The summed E-state index contributed by atoms with van der Waals surface area (Å²) >= 11 is 0. The quantitative estimate of drug-likeness (QED) is 0.134. The Morgan fingerprint density at radius 3 is 2.00 bits per heavy atom. The van der Waals surface area contributed by atoms with Crippen molar-refractivity contribution in [3.63, 3.8) is 0 Å². The van der Waals surface area contributed by atoms with Crippen molar-refractivity contribution in [1.29, 1.82) is 0 Å². The van der Waals surface area contributed by atoms with E-state index in [9.17, 15) is 0 Å². The van der Waals surface area contributed by atoms with Crippen LogP contribution >= 0.6 is 0 Å². The fourth-order valence-corrected chi connectivity index (χ4v) is 6.59. The fourth-order valence-electron chi connectivity index (χ4n) is 6.59. The van der Waals surface area contributed by atoms with Gasteiger partial charge in [0.05, 0.1) is 22.6 Å². The van der Waals surface area contributed by atoms with Crippen molar-refractivity contribution in [2.45, 2.75) is 45.8 Å². The third-order valence-electron chi connectivity index (χ3n) is 10.0. The molecule has 5 nitrogen and oxygen atoms in total. The molecular weight excluding hydrogens is 603 g/mol. The second-order valence-corrected chi connectivity index (χ2v) is 13.7. The molecule has 7 aromatic rings. The first-order chi connectivity index (χ1) is 23.6. The fraction of sp³-hybridized carbons (Fsp3) is 0.163. The van der Waals surface area contributed by atoms with Crippen molar-refractivity contribution >= 4 is 57.2 Å². The Hall–Kier alpha value is -5.30. The van der Waals surface area contributed by atoms with Gasteiger partial charge in [0.2, 0.25) is 0 Å². The normalized spacial score (nSPS) is 15.6. The predicted octanol–water partition coefficient (Wildman–Crippen LogP) is 10.5. The van der Waals surface area contributed by atoms with E-state index >= 15 is 0 Å². The predicted molar refractivity (Wildman–Crippen MR) is 204 cm³/mol. The molecule has 0 saturated carbocycles. The van der Waals surface area contributed by atoms with Gasteiger partial charge in [-0.05, 0) is 98.0 Å². The highest BCUT2D eigenvalue weighted by Gasteiger charge is 2.51. The van der Waals surface area contributed by atoms with E-state index in [0.717, 1.165) is 61.2 Å². The minimum absolute atomic E-state index is 0.413. The lowest BCUT2D eigenvalue weighted by Gasteiger charge is -2.32. The molecule has 0 radical (unpaired) electrons. The van der Waals surface area contributed by atoms with Gasteiger partial charge in [0.25, 0.3) is 0 Å². The molecule has 49 heavy (non-hydrogen) atoms. The summed E-state index contributed by atoms with van der Waals surface area (Å²) in [5.41, 5.74) is 6.46. The number of rotatable bonds is 6. The van der Waals surface area contributed by atoms with Gasteiger partial charge in [0.15, 0.2) is 5.82 Å². The maximum absolute atomic E-state index is 6.31. The number of nitrogens with zero attached hydrogens (tertiary/aromatic N) is 2. The standard InChI is InChI=1S/C43H37BN2O3/c1-7-11-39-33(8-2)36-25-31(19-23-40(36)47-39)38-26-37(30-18-22-35-29(24-30)15-14-27-12-9-10-13-34(27)35)45-41(46-38)28-16-20-32(21-17-28)44-48-42(3,4)43(5,6)49-44/h7-26H,2H2,1,3-6H3/b11-7-. The van der Waals surface area contributed by atoms with Gasteiger partial charge in [-0.25, -0.2) is 9.97 Å². The van der Waals surface area contributed by atoms with Crippen LogP contribution in [0.2, 0.25) is 0 Å². The lowest BCUT2D eigenvalue weighted by molar-refractivity contribution is 0.00578. The van der Waals surface area contributed by atoms with Crippen molar-refractivity contribution in [3.05, 3.63) is 127 Å². The number of aromatic nitrogens is 2. The molecule has 240 valence electrons. The first-order valence-electron chi connectivity index (χ1n) is 16.7. The molecule has 1 saturated heterocycles. The van der Waals surface area contributed by atoms with Gasteiger partial charge in [-0.2, -0.15) is 0 Å². The van der Waals surface area contributed by atoms with Crippen LogP contribution < -0.4 is 5.46 Å². The Morgan fingerprint density at radius 1 is 0.653 bits per heavy atom. The van der Waals surface area contributed by atoms with E-state index in [1.54, 1.807) is 0 Å². The van der Waals surface area contributed by atoms with Crippen molar-refractivity contribution < 1.29 is 13.7 Å². The van der Waals surface area contributed by atoms with Gasteiger partial charge in [0, 0.05) is 27.6 Å². The summed E-state index contributed by atoms with van der Waals surface area (Å²) in [6.07, 6.45) is 5.79. The molecule has 5 aromatic carbocycles. The Morgan fingerprint density at radius 2 is 1.29 bits per heavy atom. The first kappa shape index (κ1) is 31.0. The lowest BCUT2D eigenvalue weighted by Crippen LogP contribution is -2.41. The zero-order chi connectivity index (χ0) is 33.9. The maximum atomic E-state index is 6.31. The highest BCUT2D eigenvalue weighted by Crippen LogP contribution is 2.38. The summed E-state index contributed by atoms with van der Waals surface area (Å²) in [5, 5.41) is 5.84. The van der Waals surface area contributed by atoms with Gasteiger partial charge in [-0.3, -0.25) is 0 Å². The smallest absolute Gasteiger partial charge is 0.456 e. The third-order valence-corrected chi connectivity index (χ3v) is 10.0. The summed E-state index contributed by atoms with van der Waals surface area (Å²) < 4.78 is 18.8. The molecule has 1 fully saturated rings. The van der Waals surface area contributed by atoms with Crippen LogP contribution in [0.3, 0.4) is 0 Å². The molecule has 2 aromatic heterocycles. The number of benzene rings is 5. The Kier molecular flexibility index (Phi) is 7.40. The highest BCUT2D eigenvalue weighted by molar-refractivity contribution is 6.62. The number of hydrogen-bond donors (Lipinski definition) is 0. The summed E-state index contributed by atoms with van der Waals surface area (Å²) in [5.74, 6) is 1.43. The monoisotopic (exact) mass is 640 g/mol. The second kappa shape index (κ2) is 11.7. The van der Waals surface area contributed by atoms with Crippen LogP contribution in [-0.4, -0.2) is 28.3 Å². The first-order valence-corrected chi connectivity index (χ1v) is 16.7. The van der Waals surface area contributed by atoms with E-state index in [0.29, 0.717) is 5.82 Å². The van der Waals surface area contributed by atoms with E-state index in [4.69, 9.17) is 23.7 Å². The number of fused-ring (bicyclic) bond motifs is 4. The van der Waals surface area contributed by atoms with Crippen molar-refractivity contribution in [2.75, 3.05) is 0 Å². The second-order valence-electron chi connectivity index (χ2n) is 13.7. The molecule has 0 bridgehead atoms. The van der Waals surface area contributed by atoms with Crippen LogP contribution in [0.15, 0.2) is 120 Å². The van der Waals surface area contributed by atoms with E-state index in [1.165, 1.54) is 16.2 Å². The van der Waals surface area contributed by atoms with Crippen molar-refractivity contribution in [3.8, 4) is 33.9 Å². The molecule has 1 aliphatic heterocycles. The number of hydrogen-bond acceptors (Lipinski definition) is 5. The van der Waals surface area contributed by atoms with Gasteiger partial charge < -0.3 is 13.7 Å². The molecule has 0 amide bonds. The molecular formula is C43H37BN2O3. The van der Waals surface area contributed by atoms with Gasteiger partial charge in [-0.15, -0.1) is 0 Å². The largest absolute Gasteiger partial charge is 0.494 e. The molecule has 3 heterocycles.